The maximum atomic E-state index is 12.8. The molecule has 0 aliphatic heterocycles. The highest BCUT2D eigenvalue weighted by molar-refractivity contribution is 7.53. The predicted molar refractivity (Wildman–Crippen MR) is 170 cm³/mol. The third-order valence-electron chi connectivity index (χ3n) is 7.38. The van der Waals surface area contributed by atoms with Gasteiger partial charge in [-0.3, -0.25) is 9.55 Å². The van der Waals surface area contributed by atoms with Gasteiger partial charge in [0.1, 0.15) is 17.9 Å². The minimum absolute atomic E-state index is 0.256. The molecule has 0 amide bonds. The van der Waals surface area contributed by atoms with Crippen molar-refractivity contribution in [1.82, 2.24) is 9.97 Å². The van der Waals surface area contributed by atoms with Crippen LogP contribution in [0.1, 0.15) is 47.2 Å². The number of nitrogen functional groups attached to an aromatic ring is 1. The first-order chi connectivity index (χ1) is 20.3. The highest BCUT2D eigenvalue weighted by atomic mass is 31.2. The molecule has 0 spiro atoms. The Hall–Kier alpha value is -3.77. The van der Waals surface area contributed by atoms with Gasteiger partial charge in [0.25, 0.3) is 0 Å². The quantitative estimate of drug-likeness (QED) is 0.117. The van der Waals surface area contributed by atoms with E-state index < -0.39 is 7.60 Å². The van der Waals surface area contributed by atoms with Gasteiger partial charge in [-0.25, -0.2) is 4.98 Å². The zero-order valence-electron chi connectivity index (χ0n) is 24.7. The monoisotopic (exact) mass is 583 g/mol. The van der Waals surface area contributed by atoms with Crippen LogP contribution in [-0.2, 0) is 39.2 Å². The van der Waals surface area contributed by atoms with Crippen LogP contribution in [0.25, 0.3) is 21.8 Å². The number of aromatic nitrogens is 2. The van der Waals surface area contributed by atoms with Gasteiger partial charge in [-0.15, -0.1) is 0 Å². The minimum Gasteiger partial charge on any atom is -0.489 e. The average molecular weight is 584 g/mol. The molecule has 3 aromatic carbocycles. The van der Waals surface area contributed by atoms with Crippen LogP contribution in [0.3, 0.4) is 0 Å². The standard InChI is InChI=1S/C34H38N3O4P/c1-5-40-42(38,41-6-2)22-26-10-8-25(9-11-26)21-39-29-15-14-27(24(4)20-29)12-13-28-17-18-36-33-32(28)30-16-7-23(3)19-31(30)37-34(33)35/h7-11,14-20H,5-6,12-13,21-22H2,1-4H3,(H2,35,37). The second-order valence-electron chi connectivity index (χ2n) is 10.5. The molecule has 0 bridgehead atoms. The van der Waals surface area contributed by atoms with Gasteiger partial charge in [0.05, 0.1) is 24.9 Å². The van der Waals surface area contributed by atoms with E-state index in [4.69, 9.17) is 19.5 Å². The molecule has 2 heterocycles. The Balaban J connectivity index is 1.24. The van der Waals surface area contributed by atoms with E-state index in [-0.39, 0.29) is 6.16 Å². The number of benzene rings is 3. The van der Waals surface area contributed by atoms with E-state index in [0.29, 0.717) is 25.6 Å². The number of rotatable bonds is 12. The van der Waals surface area contributed by atoms with Gasteiger partial charge >= 0.3 is 7.60 Å². The lowest BCUT2D eigenvalue weighted by Gasteiger charge is -2.17. The molecule has 0 fully saturated rings. The normalized spacial score (nSPS) is 11.8. The molecule has 0 atom stereocenters. The van der Waals surface area contributed by atoms with Gasteiger partial charge in [0.15, 0.2) is 5.82 Å². The van der Waals surface area contributed by atoms with Gasteiger partial charge in [-0.05, 0) is 98.2 Å². The van der Waals surface area contributed by atoms with Gasteiger partial charge in [-0.2, -0.15) is 0 Å². The van der Waals surface area contributed by atoms with Crippen molar-refractivity contribution in [3.8, 4) is 5.75 Å². The molecule has 5 rings (SSSR count). The van der Waals surface area contributed by atoms with Crippen LogP contribution >= 0.6 is 7.60 Å². The summed E-state index contributed by atoms with van der Waals surface area (Å²) in [4.78, 5) is 9.15. The van der Waals surface area contributed by atoms with E-state index in [0.717, 1.165) is 57.1 Å². The lowest BCUT2D eigenvalue weighted by molar-refractivity contribution is 0.219. The number of pyridine rings is 2. The van der Waals surface area contributed by atoms with E-state index in [1.165, 1.54) is 16.7 Å². The number of nitrogens with zero attached hydrogens (tertiary/aromatic N) is 2. The molecule has 0 radical (unpaired) electrons. The lowest BCUT2D eigenvalue weighted by atomic mass is 9.96. The number of fused-ring (bicyclic) bond motifs is 3. The molecule has 218 valence electrons. The Morgan fingerprint density at radius 1 is 0.833 bits per heavy atom. The van der Waals surface area contributed by atoms with Crippen LogP contribution in [-0.4, -0.2) is 23.2 Å². The first kappa shape index (κ1) is 29.7. The molecule has 0 aliphatic rings. The molecule has 2 N–H and O–H groups in total. The van der Waals surface area contributed by atoms with Crippen molar-refractivity contribution in [3.05, 3.63) is 106 Å². The summed E-state index contributed by atoms with van der Waals surface area (Å²) in [5, 5.41) is 2.17. The summed E-state index contributed by atoms with van der Waals surface area (Å²) in [5.41, 5.74) is 14.7. The van der Waals surface area contributed by atoms with Gasteiger partial charge in [-0.1, -0.05) is 42.5 Å². The summed E-state index contributed by atoms with van der Waals surface area (Å²) in [6, 6.07) is 22.5. The Morgan fingerprint density at radius 3 is 2.26 bits per heavy atom. The van der Waals surface area contributed by atoms with Gasteiger partial charge in [0, 0.05) is 17.0 Å². The van der Waals surface area contributed by atoms with E-state index in [1.54, 1.807) is 0 Å². The van der Waals surface area contributed by atoms with Crippen molar-refractivity contribution in [1.29, 1.82) is 0 Å². The smallest absolute Gasteiger partial charge is 0.335 e. The Kier molecular flexibility index (Phi) is 9.22. The van der Waals surface area contributed by atoms with Crippen LogP contribution in [0.2, 0.25) is 0 Å². The number of hydrogen-bond acceptors (Lipinski definition) is 7. The van der Waals surface area contributed by atoms with Gasteiger partial charge in [0.2, 0.25) is 0 Å². The second kappa shape index (κ2) is 13.0. The van der Waals surface area contributed by atoms with E-state index >= 15 is 0 Å². The molecule has 8 heteroatoms. The first-order valence-electron chi connectivity index (χ1n) is 14.4. The molecule has 2 aromatic heterocycles. The van der Waals surface area contributed by atoms with Gasteiger partial charge < -0.3 is 19.5 Å². The third kappa shape index (κ3) is 6.81. The van der Waals surface area contributed by atoms with E-state index in [9.17, 15) is 4.57 Å². The second-order valence-corrected chi connectivity index (χ2v) is 12.6. The number of hydrogen-bond donors (Lipinski definition) is 1. The van der Waals surface area contributed by atoms with Crippen molar-refractivity contribution in [3.63, 3.8) is 0 Å². The topological polar surface area (TPSA) is 96.6 Å². The minimum atomic E-state index is -3.13. The van der Waals surface area contributed by atoms with E-state index in [1.807, 2.05) is 50.4 Å². The number of ether oxygens (including phenoxy) is 1. The van der Waals surface area contributed by atoms with Crippen molar-refractivity contribution >= 4 is 35.2 Å². The molecule has 7 nitrogen and oxygen atoms in total. The largest absolute Gasteiger partial charge is 0.489 e. The molecular formula is C34H38N3O4P. The summed E-state index contributed by atoms with van der Waals surface area (Å²) in [7, 11) is -3.13. The summed E-state index contributed by atoms with van der Waals surface area (Å²) in [6.07, 6.45) is 3.82. The zero-order chi connectivity index (χ0) is 29.7. The van der Waals surface area contributed by atoms with Crippen LogP contribution in [0.15, 0.2) is 72.9 Å². The van der Waals surface area contributed by atoms with Crippen molar-refractivity contribution in [2.24, 2.45) is 0 Å². The predicted octanol–water partition coefficient (Wildman–Crippen LogP) is 8.11. The summed E-state index contributed by atoms with van der Waals surface area (Å²) in [6.45, 7) is 8.97. The fourth-order valence-corrected chi connectivity index (χ4v) is 7.00. The van der Waals surface area contributed by atoms with Crippen molar-refractivity contribution in [2.45, 2.75) is 53.3 Å². The molecule has 0 saturated heterocycles. The maximum Gasteiger partial charge on any atom is 0.335 e. The van der Waals surface area contributed by atoms with Crippen LogP contribution in [0.4, 0.5) is 5.82 Å². The first-order valence-corrected chi connectivity index (χ1v) is 16.1. The summed E-state index contributed by atoms with van der Waals surface area (Å²) in [5.74, 6) is 1.29. The highest BCUT2D eigenvalue weighted by Crippen LogP contribution is 2.51. The Labute approximate surface area is 247 Å². The fraction of sp³-hybridized carbons (Fsp3) is 0.294. The third-order valence-corrected chi connectivity index (χ3v) is 9.43. The molecular weight excluding hydrogens is 545 g/mol. The number of nitrogens with two attached hydrogens (primary N) is 1. The molecule has 0 aliphatic carbocycles. The highest BCUT2D eigenvalue weighted by Gasteiger charge is 2.24. The summed E-state index contributed by atoms with van der Waals surface area (Å²) >= 11 is 0. The van der Waals surface area contributed by atoms with Crippen LogP contribution in [0, 0.1) is 13.8 Å². The van der Waals surface area contributed by atoms with Crippen molar-refractivity contribution in [2.75, 3.05) is 18.9 Å². The SMILES string of the molecule is CCOP(=O)(Cc1ccc(COc2ccc(CCc3ccnc4c(N)nc5cc(C)ccc5c34)c(C)c2)cc1)OCC. The fourth-order valence-electron chi connectivity index (χ4n) is 5.29. The molecule has 5 aromatic rings. The lowest BCUT2D eigenvalue weighted by Crippen LogP contribution is -2.01. The molecule has 42 heavy (non-hydrogen) atoms. The Morgan fingerprint density at radius 2 is 1.55 bits per heavy atom. The van der Waals surface area contributed by atoms with E-state index in [2.05, 4.69) is 60.2 Å². The number of anilines is 1. The molecule has 0 unspecified atom stereocenters. The maximum absolute atomic E-state index is 12.8. The Bertz CT molecular complexity index is 1740. The van der Waals surface area contributed by atoms with Crippen LogP contribution in [0.5, 0.6) is 5.75 Å². The zero-order valence-corrected chi connectivity index (χ0v) is 25.6. The van der Waals surface area contributed by atoms with Crippen LogP contribution < -0.4 is 10.5 Å². The van der Waals surface area contributed by atoms with Crippen molar-refractivity contribution < 1.29 is 18.3 Å². The average Bonchev–Trinajstić information content (AvgIpc) is 2.96. The molecule has 0 saturated carbocycles. The summed E-state index contributed by atoms with van der Waals surface area (Å²) < 4.78 is 29.8. The number of aryl methyl sites for hydroxylation is 4.